The smallest absolute Gasteiger partial charge is 0.223 e. The van der Waals surface area contributed by atoms with Crippen LogP contribution in [0.1, 0.15) is 49.7 Å². The van der Waals surface area contributed by atoms with Crippen LogP contribution in [-0.2, 0) is 0 Å². The van der Waals surface area contributed by atoms with Crippen molar-refractivity contribution in [1.29, 1.82) is 0 Å². The minimum Gasteiger partial charge on any atom is -0.354 e. The summed E-state index contributed by atoms with van der Waals surface area (Å²) in [4.78, 5) is 9.01. The molecular formula is C18H23N3. The third-order valence-electron chi connectivity index (χ3n) is 4.27. The lowest BCUT2D eigenvalue weighted by atomic mass is 9.80. The van der Waals surface area contributed by atoms with Crippen molar-refractivity contribution in [3.05, 3.63) is 41.6 Å². The van der Waals surface area contributed by atoms with Crippen LogP contribution in [0, 0.1) is 6.92 Å². The van der Waals surface area contributed by atoms with Gasteiger partial charge in [0.05, 0.1) is 5.69 Å². The SMILES string of the molecule is CCCNc1ncc(C)c(-c2ccc(C3CCC3)cc2)n1. The third kappa shape index (κ3) is 3.07. The maximum Gasteiger partial charge on any atom is 0.223 e. The molecule has 1 aliphatic carbocycles. The number of aromatic nitrogens is 2. The van der Waals surface area contributed by atoms with Gasteiger partial charge in [-0.05, 0) is 43.2 Å². The molecule has 1 heterocycles. The van der Waals surface area contributed by atoms with Crippen molar-refractivity contribution in [1.82, 2.24) is 9.97 Å². The Bertz CT molecular complexity index is 600. The van der Waals surface area contributed by atoms with Crippen LogP contribution in [0.3, 0.4) is 0 Å². The largest absolute Gasteiger partial charge is 0.354 e. The molecule has 1 N–H and O–H groups in total. The van der Waals surface area contributed by atoms with Gasteiger partial charge in [-0.25, -0.2) is 9.97 Å². The van der Waals surface area contributed by atoms with Gasteiger partial charge in [0.15, 0.2) is 0 Å². The van der Waals surface area contributed by atoms with Crippen molar-refractivity contribution < 1.29 is 0 Å². The van der Waals surface area contributed by atoms with Gasteiger partial charge in [-0.3, -0.25) is 0 Å². The zero-order valence-corrected chi connectivity index (χ0v) is 12.9. The molecule has 3 rings (SSSR count). The van der Waals surface area contributed by atoms with Gasteiger partial charge in [-0.15, -0.1) is 0 Å². The first-order chi connectivity index (χ1) is 10.3. The topological polar surface area (TPSA) is 37.8 Å². The van der Waals surface area contributed by atoms with E-state index in [2.05, 4.69) is 53.4 Å². The molecule has 0 radical (unpaired) electrons. The second kappa shape index (κ2) is 6.25. The Morgan fingerprint density at radius 3 is 2.57 bits per heavy atom. The van der Waals surface area contributed by atoms with E-state index in [4.69, 9.17) is 0 Å². The molecule has 0 atom stereocenters. The second-order valence-corrected chi connectivity index (χ2v) is 5.90. The standard InChI is InChI=1S/C18H23N3/c1-3-11-19-18-20-12-13(2)17(21-18)16-9-7-15(8-10-16)14-5-4-6-14/h7-10,12,14H,3-6,11H2,1-2H3,(H,19,20,21). The minimum absolute atomic E-state index is 0.723. The normalized spacial score (nSPS) is 14.8. The van der Waals surface area contributed by atoms with Gasteiger partial charge in [0, 0.05) is 18.3 Å². The van der Waals surface area contributed by atoms with Crippen molar-refractivity contribution in [3.8, 4) is 11.3 Å². The molecule has 21 heavy (non-hydrogen) atoms. The lowest BCUT2D eigenvalue weighted by molar-refractivity contribution is 0.420. The van der Waals surface area contributed by atoms with Gasteiger partial charge in [-0.1, -0.05) is 37.6 Å². The average molecular weight is 281 g/mol. The predicted molar refractivity (Wildman–Crippen MR) is 87.6 cm³/mol. The highest BCUT2D eigenvalue weighted by Crippen LogP contribution is 2.37. The Labute approximate surface area is 126 Å². The lowest BCUT2D eigenvalue weighted by Crippen LogP contribution is -2.08. The minimum atomic E-state index is 0.723. The zero-order chi connectivity index (χ0) is 14.7. The van der Waals surface area contributed by atoms with E-state index in [0.717, 1.165) is 36.1 Å². The summed E-state index contributed by atoms with van der Waals surface area (Å²) in [5.41, 5.74) is 4.80. The van der Waals surface area contributed by atoms with Crippen molar-refractivity contribution in [2.75, 3.05) is 11.9 Å². The number of nitrogens with zero attached hydrogens (tertiary/aromatic N) is 2. The fourth-order valence-electron chi connectivity index (χ4n) is 2.71. The molecule has 1 aromatic carbocycles. The summed E-state index contributed by atoms with van der Waals surface area (Å²) in [6.45, 7) is 5.11. The number of rotatable bonds is 5. The summed E-state index contributed by atoms with van der Waals surface area (Å²) in [6.07, 6.45) is 7.04. The fourth-order valence-corrected chi connectivity index (χ4v) is 2.71. The Morgan fingerprint density at radius 1 is 1.19 bits per heavy atom. The number of aryl methyl sites for hydroxylation is 1. The summed E-state index contributed by atoms with van der Waals surface area (Å²) < 4.78 is 0. The van der Waals surface area contributed by atoms with E-state index >= 15 is 0 Å². The zero-order valence-electron chi connectivity index (χ0n) is 12.9. The Hall–Kier alpha value is -1.90. The quantitative estimate of drug-likeness (QED) is 0.874. The summed E-state index contributed by atoms with van der Waals surface area (Å²) in [6, 6.07) is 8.93. The maximum atomic E-state index is 4.67. The molecule has 3 heteroatoms. The van der Waals surface area contributed by atoms with Crippen LogP contribution in [-0.4, -0.2) is 16.5 Å². The molecule has 0 spiro atoms. The molecule has 1 aliphatic rings. The molecular weight excluding hydrogens is 258 g/mol. The van der Waals surface area contributed by atoms with E-state index in [1.165, 1.54) is 30.4 Å². The highest BCUT2D eigenvalue weighted by Gasteiger charge is 2.19. The molecule has 0 amide bonds. The van der Waals surface area contributed by atoms with E-state index in [-0.39, 0.29) is 0 Å². The molecule has 110 valence electrons. The van der Waals surface area contributed by atoms with Crippen molar-refractivity contribution in [2.24, 2.45) is 0 Å². The average Bonchev–Trinajstić information content (AvgIpc) is 2.46. The van der Waals surface area contributed by atoms with Gasteiger partial charge >= 0.3 is 0 Å². The highest BCUT2D eigenvalue weighted by molar-refractivity contribution is 5.64. The molecule has 2 aromatic rings. The Morgan fingerprint density at radius 2 is 1.95 bits per heavy atom. The number of benzene rings is 1. The maximum absolute atomic E-state index is 4.67. The number of hydrogen-bond donors (Lipinski definition) is 1. The summed E-state index contributed by atoms with van der Waals surface area (Å²) in [7, 11) is 0. The van der Waals surface area contributed by atoms with Crippen LogP contribution in [0.4, 0.5) is 5.95 Å². The van der Waals surface area contributed by atoms with Crippen LogP contribution >= 0.6 is 0 Å². The molecule has 1 saturated carbocycles. The van der Waals surface area contributed by atoms with Crippen LogP contribution in [0.15, 0.2) is 30.5 Å². The van der Waals surface area contributed by atoms with Crippen LogP contribution < -0.4 is 5.32 Å². The van der Waals surface area contributed by atoms with E-state index < -0.39 is 0 Å². The second-order valence-electron chi connectivity index (χ2n) is 5.90. The summed E-state index contributed by atoms with van der Waals surface area (Å²) in [5, 5.41) is 3.26. The highest BCUT2D eigenvalue weighted by atomic mass is 15.1. The first-order valence-corrected chi connectivity index (χ1v) is 7.95. The molecule has 0 aliphatic heterocycles. The number of hydrogen-bond acceptors (Lipinski definition) is 3. The first-order valence-electron chi connectivity index (χ1n) is 7.95. The molecule has 0 saturated heterocycles. The van der Waals surface area contributed by atoms with Gasteiger partial charge < -0.3 is 5.32 Å². The molecule has 3 nitrogen and oxygen atoms in total. The van der Waals surface area contributed by atoms with Gasteiger partial charge in [0.1, 0.15) is 0 Å². The Kier molecular flexibility index (Phi) is 4.18. The van der Waals surface area contributed by atoms with E-state index in [0.29, 0.717) is 0 Å². The summed E-state index contributed by atoms with van der Waals surface area (Å²) in [5.74, 6) is 1.51. The lowest BCUT2D eigenvalue weighted by Gasteiger charge is -2.25. The molecule has 0 unspecified atom stereocenters. The van der Waals surface area contributed by atoms with Gasteiger partial charge in [-0.2, -0.15) is 0 Å². The van der Waals surface area contributed by atoms with E-state index in [9.17, 15) is 0 Å². The fraction of sp³-hybridized carbons (Fsp3) is 0.444. The predicted octanol–water partition coefficient (Wildman–Crippen LogP) is 4.54. The van der Waals surface area contributed by atoms with Crippen molar-refractivity contribution in [3.63, 3.8) is 0 Å². The third-order valence-corrected chi connectivity index (χ3v) is 4.27. The number of anilines is 1. The van der Waals surface area contributed by atoms with Crippen LogP contribution in [0.2, 0.25) is 0 Å². The van der Waals surface area contributed by atoms with E-state index in [1.54, 1.807) is 0 Å². The molecule has 1 aromatic heterocycles. The molecule has 0 bridgehead atoms. The van der Waals surface area contributed by atoms with Crippen molar-refractivity contribution >= 4 is 5.95 Å². The Balaban J connectivity index is 1.84. The van der Waals surface area contributed by atoms with Crippen LogP contribution in [0.5, 0.6) is 0 Å². The van der Waals surface area contributed by atoms with E-state index in [1.807, 2.05) is 6.20 Å². The van der Waals surface area contributed by atoms with Gasteiger partial charge in [0.25, 0.3) is 0 Å². The molecule has 1 fully saturated rings. The monoisotopic (exact) mass is 281 g/mol. The summed E-state index contributed by atoms with van der Waals surface area (Å²) >= 11 is 0. The van der Waals surface area contributed by atoms with Crippen molar-refractivity contribution in [2.45, 2.75) is 45.4 Å². The van der Waals surface area contributed by atoms with Gasteiger partial charge in [0.2, 0.25) is 5.95 Å². The van der Waals surface area contributed by atoms with Crippen LogP contribution in [0.25, 0.3) is 11.3 Å². The first kappa shape index (κ1) is 14.1. The number of nitrogens with one attached hydrogen (secondary N) is 1.